The zero-order valence-corrected chi connectivity index (χ0v) is 11.8. The van der Waals surface area contributed by atoms with Crippen molar-refractivity contribution in [2.45, 2.75) is 19.8 Å². The van der Waals surface area contributed by atoms with Gasteiger partial charge in [-0.05, 0) is 5.92 Å². The van der Waals surface area contributed by atoms with Gasteiger partial charge in [0.2, 0.25) is 0 Å². The molecule has 0 aliphatic rings. The van der Waals surface area contributed by atoms with Crippen molar-refractivity contribution in [2.75, 3.05) is 18.4 Å². The van der Waals surface area contributed by atoms with Crippen molar-refractivity contribution in [1.29, 1.82) is 0 Å². The molecular weight excluding hydrogens is 286 g/mol. The molecule has 0 aromatic carbocycles. The van der Waals surface area contributed by atoms with Crippen LogP contribution in [0.25, 0.3) is 0 Å². The molecule has 110 valence electrons. The molecule has 2 amide bonds. The summed E-state index contributed by atoms with van der Waals surface area (Å²) < 4.78 is 0. The molecule has 0 unspecified atom stereocenters. The third-order valence-electron chi connectivity index (χ3n) is 2.27. The molecule has 1 rings (SSSR count). The first-order valence-electron chi connectivity index (χ1n) is 5.74. The molecule has 9 heteroatoms. The summed E-state index contributed by atoms with van der Waals surface area (Å²) >= 11 is 1.20. The highest BCUT2D eigenvalue weighted by atomic mass is 32.1. The lowest BCUT2D eigenvalue weighted by Gasteiger charge is -2.17. The lowest BCUT2D eigenvalue weighted by atomic mass is 10.2. The molecule has 0 saturated heterocycles. The number of aromatic nitrogens is 1. The van der Waals surface area contributed by atoms with Gasteiger partial charge in [0.05, 0.1) is 5.69 Å². The van der Waals surface area contributed by atoms with Gasteiger partial charge < -0.3 is 15.1 Å². The predicted octanol–water partition coefficient (Wildman–Crippen LogP) is 1.27. The summed E-state index contributed by atoms with van der Waals surface area (Å²) in [4.78, 5) is 37.9. The van der Waals surface area contributed by atoms with Crippen LogP contribution in [0.2, 0.25) is 0 Å². The second-order valence-corrected chi connectivity index (χ2v) is 5.16. The molecule has 1 heterocycles. The molecule has 0 fully saturated rings. The van der Waals surface area contributed by atoms with Crippen LogP contribution in [0.5, 0.6) is 0 Å². The largest absolute Gasteiger partial charge is 0.480 e. The molecule has 0 aliphatic carbocycles. The summed E-state index contributed by atoms with van der Waals surface area (Å²) in [5, 5.41) is 21.8. The number of hydrogen-bond acceptors (Lipinski definition) is 5. The van der Waals surface area contributed by atoms with E-state index in [1.807, 2.05) is 13.8 Å². The number of carbonyl (C=O) groups is 3. The van der Waals surface area contributed by atoms with Gasteiger partial charge in [-0.2, -0.15) is 0 Å². The van der Waals surface area contributed by atoms with E-state index in [9.17, 15) is 14.4 Å². The van der Waals surface area contributed by atoms with E-state index in [2.05, 4.69) is 10.3 Å². The Morgan fingerprint density at radius 2 is 1.85 bits per heavy atom. The minimum atomic E-state index is -1.29. The van der Waals surface area contributed by atoms with Gasteiger partial charge in [0.1, 0.15) is 13.1 Å². The second kappa shape index (κ2) is 6.85. The van der Waals surface area contributed by atoms with Crippen molar-refractivity contribution < 1.29 is 24.6 Å². The minimum Gasteiger partial charge on any atom is -0.480 e. The molecule has 3 N–H and O–H groups in total. The van der Waals surface area contributed by atoms with Crippen molar-refractivity contribution in [1.82, 2.24) is 9.88 Å². The maximum Gasteiger partial charge on any atom is 0.324 e. The van der Waals surface area contributed by atoms with Gasteiger partial charge in [0.25, 0.3) is 0 Å². The van der Waals surface area contributed by atoms with Gasteiger partial charge in [-0.3, -0.25) is 14.9 Å². The Kier molecular flexibility index (Phi) is 5.44. The number of thiazole rings is 1. The summed E-state index contributed by atoms with van der Waals surface area (Å²) in [6.45, 7) is 2.50. The van der Waals surface area contributed by atoms with Crippen LogP contribution in [-0.4, -0.2) is 51.2 Å². The van der Waals surface area contributed by atoms with E-state index in [0.29, 0.717) is 10.0 Å². The third kappa shape index (κ3) is 4.84. The van der Waals surface area contributed by atoms with Crippen LogP contribution in [0.15, 0.2) is 5.38 Å². The van der Waals surface area contributed by atoms with Crippen LogP contribution in [0.4, 0.5) is 9.93 Å². The topological polar surface area (TPSA) is 120 Å². The zero-order chi connectivity index (χ0) is 15.3. The number of anilines is 1. The summed E-state index contributed by atoms with van der Waals surface area (Å²) in [6.07, 6.45) is 0. The number of carboxylic acid groups (broad SMARTS) is 2. The Morgan fingerprint density at radius 3 is 2.25 bits per heavy atom. The van der Waals surface area contributed by atoms with Gasteiger partial charge >= 0.3 is 18.0 Å². The van der Waals surface area contributed by atoms with Crippen molar-refractivity contribution >= 4 is 34.4 Å². The second-order valence-electron chi connectivity index (χ2n) is 4.31. The lowest BCUT2D eigenvalue weighted by Crippen LogP contribution is -2.41. The number of nitrogens with zero attached hydrogens (tertiary/aromatic N) is 2. The molecule has 20 heavy (non-hydrogen) atoms. The standard InChI is InChI=1S/C11H15N3O5S/c1-6(2)7-5-20-10(12-7)13-11(19)14(3-8(15)16)4-9(17)18/h5-6H,3-4H2,1-2H3,(H,15,16)(H,17,18)(H,12,13,19). The molecule has 8 nitrogen and oxygen atoms in total. The number of carboxylic acids is 2. The fraction of sp³-hybridized carbons (Fsp3) is 0.455. The Bertz CT molecular complexity index is 498. The van der Waals surface area contributed by atoms with Gasteiger partial charge in [-0.1, -0.05) is 13.8 Å². The Balaban J connectivity index is 2.73. The smallest absolute Gasteiger partial charge is 0.324 e. The van der Waals surface area contributed by atoms with Crippen LogP contribution in [0, 0.1) is 0 Å². The first-order valence-corrected chi connectivity index (χ1v) is 6.62. The number of amides is 2. The predicted molar refractivity (Wildman–Crippen MR) is 72.1 cm³/mol. The maximum atomic E-state index is 11.8. The number of nitrogens with one attached hydrogen (secondary N) is 1. The van der Waals surface area contributed by atoms with Crippen LogP contribution in [0.3, 0.4) is 0 Å². The van der Waals surface area contributed by atoms with Gasteiger partial charge in [-0.15, -0.1) is 11.3 Å². The molecule has 0 spiro atoms. The molecule has 0 saturated carbocycles. The average Bonchev–Trinajstić information content (AvgIpc) is 2.75. The number of aliphatic carboxylic acids is 2. The highest BCUT2D eigenvalue weighted by Crippen LogP contribution is 2.21. The van der Waals surface area contributed by atoms with E-state index in [1.165, 1.54) is 11.3 Å². The van der Waals surface area contributed by atoms with Crippen LogP contribution < -0.4 is 5.32 Å². The van der Waals surface area contributed by atoms with E-state index < -0.39 is 31.1 Å². The Morgan fingerprint density at radius 1 is 1.30 bits per heavy atom. The Labute approximate surface area is 119 Å². The summed E-state index contributed by atoms with van der Waals surface area (Å²) in [5.41, 5.74) is 0.799. The molecule has 0 aliphatic heterocycles. The fourth-order valence-corrected chi connectivity index (χ4v) is 2.17. The van der Waals surface area contributed by atoms with E-state index >= 15 is 0 Å². The fourth-order valence-electron chi connectivity index (χ4n) is 1.31. The quantitative estimate of drug-likeness (QED) is 0.727. The number of urea groups is 1. The summed E-state index contributed by atoms with van der Waals surface area (Å²) in [6, 6.07) is -0.806. The SMILES string of the molecule is CC(C)c1csc(NC(=O)N(CC(=O)O)CC(=O)O)n1. The highest BCUT2D eigenvalue weighted by molar-refractivity contribution is 7.13. The van der Waals surface area contributed by atoms with Gasteiger partial charge in [0, 0.05) is 5.38 Å². The van der Waals surface area contributed by atoms with Crippen LogP contribution in [0.1, 0.15) is 25.5 Å². The van der Waals surface area contributed by atoms with E-state index in [-0.39, 0.29) is 5.92 Å². The van der Waals surface area contributed by atoms with E-state index in [0.717, 1.165) is 5.69 Å². The highest BCUT2D eigenvalue weighted by Gasteiger charge is 2.20. The van der Waals surface area contributed by atoms with Crippen molar-refractivity contribution in [3.05, 3.63) is 11.1 Å². The van der Waals surface area contributed by atoms with Crippen LogP contribution in [-0.2, 0) is 9.59 Å². The molecule has 0 atom stereocenters. The molecule has 1 aromatic rings. The monoisotopic (exact) mass is 301 g/mol. The first kappa shape index (κ1) is 15.9. The Hall–Kier alpha value is -2.16. The number of rotatable bonds is 6. The average molecular weight is 301 g/mol. The number of hydrogen-bond donors (Lipinski definition) is 3. The first-order chi connectivity index (χ1) is 9.29. The van der Waals surface area contributed by atoms with Crippen LogP contribution >= 0.6 is 11.3 Å². The molecule has 1 aromatic heterocycles. The molecule has 0 bridgehead atoms. The molecular formula is C11H15N3O5S. The minimum absolute atomic E-state index is 0.200. The van der Waals surface area contributed by atoms with Crippen molar-refractivity contribution in [3.63, 3.8) is 0 Å². The normalized spacial score (nSPS) is 10.3. The summed E-state index contributed by atoms with van der Waals surface area (Å²) in [7, 11) is 0. The van der Waals surface area contributed by atoms with E-state index in [4.69, 9.17) is 10.2 Å². The van der Waals surface area contributed by atoms with Gasteiger partial charge in [-0.25, -0.2) is 9.78 Å². The van der Waals surface area contributed by atoms with Crippen molar-refractivity contribution in [3.8, 4) is 0 Å². The maximum absolute atomic E-state index is 11.8. The summed E-state index contributed by atoms with van der Waals surface area (Å²) in [5.74, 6) is -2.38. The third-order valence-corrected chi connectivity index (χ3v) is 3.04. The van der Waals surface area contributed by atoms with Crippen molar-refractivity contribution in [2.24, 2.45) is 0 Å². The lowest BCUT2D eigenvalue weighted by molar-refractivity contribution is -0.140. The molecule has 0 radical (unpaired) electrons. The zero-order valence-electron chi connectivity index (χ0n) is 11.0. The van der Waals surface area contributed by atoms with E-state index in [1.54, 1.807) is 5.38 Å². The van der Waals surface area contributed by atoms with Gasteiger partial charge in [0.15, 0.2) is 5.13 Å². The number of carbonyl (C=O) groups excluding carboxylic acids is 1.